The van der Waals surface area contributed by atoms with Gasteiger partial charge in [-0.25, -0.2) is 0 Å². The maximum atomic E-state index is 11.2. The first-order valence-corrected chi connectivity index (χ1v) is 4.59. The van der Waals surface area contributed by atoms with E-state index in [1.165, 1.54) is 6.92 Å². The van der Waals surface area contributed by atoms with Gasteiger partial charge in [0.15, 0.2) is 0 Å². The van der Waals surface area contributed by atoms with Crippen LogP contribution in [0.25, 0.3) is 0 Å². The Morgan fingerprint density at radius 3 is 1.86 bits per heavy atom. The first-order valence-electron chi connectivity index (χ1n) is 4.59. The van der Waals surface area contributed by atoms with Crippen LogP contribution in [-0.2, 0) is 9.59 Å². The number of piperazine rings is 1. The molecule has 14 heavy (non-hydrogen) atoms. The van der Waals surface area contributed by atoms with Crippen molar-refractivity contribution in [2.45, 2.75) is 6.92 Å². The van der Waals surface area contributed by atoms with Crippen LogP contribution in [0.2, 0.25) is 0 Å². The number of nitrogens with zero attached hydrogens (tertiary/aromatic N) is 2. The van der Waals surface area contributed by atoms with Crippen molar-refractivity contribution in [3.05, 3.63) is 13.2 Å². The molecule has 0 bridgehead atoms. The van der Waals surface area contributed by atoms with Gasteiger partial charge in [0.05, 0.1) is 0 Å². The third-order valence-electron chi connectivity index (χ3n) is 2.09. The Morgan fingerprint density at radius 1 is 1.07 bits per heavy atom. The van der Waals surface area contributed by atoms with E-state index in [0.717, 1.165) is 13.1 Å². The van der Waals surface area contributed by atoms with Gasteiger partial charge in [-0.15, -0.1) is 13.2 Å². The summed E-state index contributed by atoms with van der Waals surface area (Å²) in [5, 5.41) is 0. The van der Waals surface area contributed by atoms with E-state index in [1.807, 2.05) is 7.05 Å². The number of ketones is 1. The molecule has 4 heteroatoms. The van der Waals surface area contributed by atoms with Crippen molar-refractivity contribution in [2.75, 3.05) is 33.2 Å². The number of carbonyl (C=O) groups is 2. The third kappa shape index (κ3) is 3.70. The highest BCUT2D eigenvalue weighted by Crippen LogP contribution is 1.99. The second-order valence-corrected chi connectivity index (χ2v) is 3.15. The Hall–Kier alpha value is -1.16. The van der Waals surface area contributed by atoms with Crippen LogP contribution >= 0.6 is 0 Å². The molecule has 0 radical (unpaired) electrons. The zero-order valence-electron chi connectivity index (χ0n) is 8.95. The van der Waals surface area contributed by atoms with Crippen LogP contribution in [0, 0.1) is 0 Å². The van der Waals surface area contributed by atoms with Crippen LogP contribution in [0.4, 0.5) is 0 Å². The maximum absolute atomic E-state index is 11.2. The molecule has 1 amide bonds. The van der Waals surface area contributed by atoms with Gasteiger partial charge in [0.25, 0.3) is 5.91 Å². The minimum atomic E-state index is -0.362. The van der Waals surface area contributed by atoms with Gasteiger partial charge in [0.1, 0.15) is 0 Å². The molecular formula is C10H18N2O2. The highest BCUT2D eigenvalue weighted by molar-refractivity contribution is 6.35. The molecule has 1 aliphatic rings. The molecule has 1 saturated heterocycles. The second kappa shape index (κ2) is 6.32. The summed E-state index contributed by atoms with van der Waals surface area (Å²) >= 11 is 0. The van der Waals surface area contributed by atoms with Gasteiger partial charge in [0, 0.05) is 33.1 Å². The van der Waals surface area contributed by atoms with Crippen molar-refractivity contribution in [3.8, 4) is 0 Å². The fourth-order valence-electron chi connectivity index (χ4n) is 1.23. The largest absolute Gasteiger partial charge is 0.334 e. The Balaban J connectivity index is 0.000000791. The number of hydrogen-bond donors (Lipinski definition) is 0. The number of carbonyl (C=O) groups excluding carboxylic acids is 2. The van der Waals surface area contributed by atoms with E-state index in [9.17, 15) is 9.59 Å². The molecule has 0 aliphatic carbocycles. The summed E-state index contributed by atoms with van der Waals surface area (Å²) in [5.41, 5.74) is 0. The molecule has 0 unspecified atom stereocenters. The average molecular weight is 198 g/mol. The lowest BCUT2D eigenvalue weighted by atomic mass is 10.3. The maximum Gasteiger partial charge on any atom is 0.289 e. The molecule has 0 spiro atoms. The van der Waals surface area contributed by atoms with Crippen molar-refractivity contribution in [2.24, 2.45) is 0 Å². The van der Waals surface area contributed by atoms with E-state index >= 15 is 0 Å². The molecule has 0 N–H and O–H groups in total. The number of rotatable bonds is 1. The Kier molecular flexibility index (Phi) is 5.79. The van der Waals surface area contributed by atoms with Crippen molar-refractivity contribution in [3.63, 3.8) is 0 Å². The van der Waals surface area contributed by atoms with Crippen molar-refractivity contribution in [1.82, 2.24) is 9.80 Å². The SMILES string of the molecule is C=C.CC(=O)C(=O)N1CCN(C)CC1. The third-order valence-corrected chi connectivity index (χ3v) is 2.09. The predicted octanol–water partition coefficient (Wildman–Crippen LogP) is 0.152. The zero-order chi connectivity index (χ0) is 11.1. The second-order valence-electron chi connectivity index (χ2n) is 3.15. The van der Waals surface area contributed by atoms with Crippen LogP contribution in [-0.4, -0.2) is 54.7 Å². The minimum absolute atomic E-state index is 0.344. The first-order chi connectivity index (χ1) is 6.61. The number of hydrogen-bond acceptors (Lipinski definition) is 3. The zero-order valence-corrected chi connectivity index (χ0v) is 8.95. The molecule has 0 aromatic carbocycles. The molecule has 80 valence electrons. The van der Waals surface area contributed by atoms with E-state index in [0.29, 0.717) is 13.1 Å². The molecule has 1 heterocycles. The van der Waals surface area contributed by atoms with Crippen LogP contribution < -0.4 is 0 Å². The van der Waals surface area contributed by atoms with E-state index < -0.39 is 0 Å². The molecule has 1 rings (SSSR count). The topological polar surface area (TPSA) is 40.6 Å². The summed E-state index contributed by atoms with van der Waals surface area (Å²) < 4.78 is 0. The van der Waals surface area contributed by atoms with Gasteiger partial charge in [0.2, 0.25) is 5.78 Å². The molecular weight excluding hydrogens is 180 g/mol. The Labute approximate surface area is 85.2 Å². The summed E-state index contributed by atoms with van der Waals surface area (Å²) in [6.07, 6.45) is 0. The highest BCUT2D eigenvalue weighted by Gasteiger charge is 2.21. The molecule has 1 fully saturated rings. The van der Waals surface area contributed by atoms with E-state index in [-0.39, 0.29) is 11.7 Å². The average Bonchev–Trinajstić information content (AvgIpc) is 2.21. The van der Waals surface area contributed by atoms with Crippen LogP contribution in [0.3, 0.4) is 0 Å². The fourth-order valence-corrected chi connectivity index (χ4v) is 1.23. The van der Waals surface area contributed by atoms with E-state index in [1.54, 1.807) is 4.90 Å². The van der Waals surface area contributed by atoms with Gasteiger partial charge in [-0.1, -0.05) is 0 Å². The minimum Gasteiger partial charge on any atom is -0.334 e. The molecule has 0 aromatic rings. The first kappa shape index (κ1) is 12.8. The number of Topliss-reactive ketones (excluding diaryl/α,β-unsaturated/α-hetero) is 1. The summed E-state index contributed by atoms with van der Waals surface area (Å²) in [4.78, 5) is 25.6. The quantitative estimate of drug-likeness (QED) is 0.445. The number of likely N-dealkylation sites (N-methyl/N-ethyl adjacent to an activating group) is 1. The lowest BCUT2D eigenvalue weighted by Crippen LogP contribution is -2.48. The van der Waals surface area contributed by atoms with Gasteiger partial charge >= 0.3 is 0 Å². The molecule has 1 aliphatic heterocycles. The summed E-state index contributed by atoms with van der Waals surface area (Å²) in [5.74, 6) is -0.706. The lowest BCUT2D eigenvalue weighted by Gasteiger charge is -2.31. The van der Waals surface area contributed by atoms with Gasteiger partial charge in [-0.05, 0) is 7.05 Å². The normalized spacial score (nSPS) is 16.9. The van der Waals surface area contributed by atoms with Gasteiger partial charge < -0.3 is 9.80 Å². The van der Waals surface area contributed by atoms with E-state index in [2.05, 4.69) is 18.1 Å². The Bertz CT molecular complexity index is 208. The van der Waals surface area contributed by atoms with Crippen molar-refractivity contribution >= 4 is 11.7 Å². The van der Waals surface area contributed by atoms with Crippen LogP contribution in [0.15, 0.2) is 13.2 Å². The summed E-state index contributed by atoms with van der Waals surface area (Å²) in [6, 6.07) is 0. The number of amides is 1. The van der Waals surface area contributed by atoms with E-state index in [4.69, 9.17) is 0 Å². The van der Waals surface area contributed by atoms with Crippen LogP contribution in [0.1, 0.15) is 6.92 Å². The van der Waals surface area contributed by atoms with Gasteiger partial charge in [-0.2, -0.15) is 0 Å². The molecule has 0 atom stereocenters. The lowest BCUT2D eigenvalue weighted by molar-refractivity contribution is -0.144. The fraction of sp³-hybridized carbons (Fsp3) is 0.600. The molecule has 4 nitrogen and oxygen atoms in total. The van der Waals surface area contributed by atoms with Crippen LogP contribution in [0.5, 0.6) is 0 Å². The summed E-state index contributed by atoms with van der Waals surface area (Å²) in [7, 11) is 2.01. The highest BCUT2D eigenvalue weighted by atomic mass is 16.2. The van der Waals surface area contributed by atoms with Crippen molar-refractivity contribution in [1.29, 1.82) is 0 Å². The van der Waals surface area contributed by atoms with Crippen molar-refractivity contribution < 1.29 is 9.59 Å². The standard InChI is InChI=1S/C8H14N2O2.C2H4/c1-7(11)8(12)10-5-3-9(2)4-6-10;1-2/h3-6H2,1-2H3;1-2H2. The summed E-state index contributed by atoms with van der Waals surface area (Å²) in [6.45, 7) is 10.4. The molecule has 0 saturated carbocycles. The monoisotopic (exact) mass is 198 g/mol. The predicted molar refractivity (Wildman–Crippen MR) is 56.0 cm³/mol. The smallest absolute Gasteiger partial charge is 0.289 e. The Morgan fingerprint density at radius 2 is 1.50 bits per heavy atom. The molecule has 0 aromatic heterocycles. The van der Waals surface area contributed by atoms with Gasteiger partial charge in [-0.3, -0.25) is 9.59 Å².